The van der Waals surface area contributed by atoms with Gasteiger partial charge in [-0.05, 0) is 18.2 Å². The van der Waals surface area contributed by atoms with E-state index >= 15 is 0 Å². The van der Waals surface area contributed by atoms with Gasteiger partial charge in [-0.3, -0.25) is 9.59 Å². The highest BCUT2D eigenvalue weighted by Crippen LogP contribution is 2.22. The van der Waals surface area contributed by atoms with Gasteiger partial charge in [0, 0.05) is 36.3 Å². The molecule has 0 spiro atoms. The first-order valence-electron chi connectivity index (χ1n) is 6.35. The van der Waals surface area contributed by atoms with Crippen molar-refractivity contribution in [1.82, 2.24) is 4.57 Å². The Bertz CT molecular complexity index is 936. The van der Waals surface area contributed by atoms with E-state index in [1.54, 1.807) is 0 Å². The minimum atomic E-state index is -3.64. The third-order valence-electron chi connectivity index (χ3n) is 2.91. The molecular formula is C14H14N4O4S. The van der Waals surface area contributed by atoms with Crippen LogP contribution < -0.4 is 16.9 Å². The molecule has 1 aromatic heterocycles. The van der Waals surface area contributed by atoms with E-state index in [9.17, 15) is 18.0 Å². The number of nitrogens with two attached hydrogens (primary N) is 2. The lowest BCUT2D eigenvalue weighted by molar-refractivity contribution is 0.100. The Kier molecular flexibility index (Phi) is 4.32. The van der Waals surface area contributed by atoms with Crippen LogP contribution in [-0.4, -0.2) is 31.1 Å². The number of carbonyl (C=O) groups excluding carboxylic acids is 1. The molecule has 0 unspecified atom stereocenters. The number of hydrogen-bond acceptors (Lipinski definition) is 4. The molecule has 2 rings (SSSR count). The summed E-state index contributed by atoms with van der Waals surface area (Å²) < 4.78 is 25.5. The molecule has 0 aliphatic carbocycles. The molecule has 2 aromatic rings. The van der Waals surface area contributed by atoms with Gasteiger partial charge >= 0.3 is 0 Å². The lowest BCUT2D eigenvalue weighted by Crippen LogP contribution is -2.24. The van der Waals surface area contributed by atoms with E-state index in [-0.39, 0.29) is 15.9 Å². The summed E-state index contributed by atoms with van der Waals surface area (Å²) in [5.74, 6) is -1.17. The van der Waals surface area contributed by atoms with Crippen LogP contribution in [0, 0.1) is 0 Å². The van der Waals surface area contributed by atoms with Gasteiger partial charge in [0.2, 0.25) is 0 Å². The first-order valence-corrected chi connectivity index (χ1v) is 8.24. The number of nitrogens with zero attached hydrogens (tertiary/aromatic N) is 2. The van der Waals surface area contributed by atoms with Gasteiger partial charge in [-0.25, -0.2) is 8.42 Å². The Balaban J connectivity index is 2.65. The number of amides is 1. The average molecular weight is 334 g/mol. The summed E-state index contributed by atoms with van der Waals surface area (Å²) in [5.41, 5.74) is 10.4. The highest BCUT2D eigenvalue weighted by atomic mass is 32.2. The van der Waals surface area contributed by atoms with Crippen LogP contribution in [0.1, 0.15) is 10.4 Å². The molecule has 0 radical (unpaired) electrons. The average Bonchev–Trinajstić information content (AvgIpc) is 2.46. The summed E-state index contributed by atoms with van der Waals surface area (Å²) in [4.78, 5) is 26.3. The smallest absolute Gasteiger partial charge is 0.280 e. The quantitative estimate of drug-likeness (QED) is 0.581. The fourth-order valence-electron chi connectivity index (χ4n) is 1.91. The third-order valence-corrected chi connectivity index (χ3v) is 4.04. The van der Waals surface area contributed by atoms with Crippen molar-refractivity contribution in [2.45, 2.75) is 4.90 Å². The van der Waals surface area contributed by atoms with Crippen LogP contribution >= 0.6 is 0 Å². The van der Waals surface area contributed by atoms with Crippen molar-refractivity contribution in [3.8, 4) is 5.69 Å². The van der Waals surface area contributed by atoms with Gasteiger partial charge in [-0.1, -0.05) is 0 Å². The topological polar surface area (TPSA) is 138 Å². The summed E-state index contributed by atoms with van der Waals surface area (Å²) in [6.45, 7) is 0. The number of benzene rings is 1. The zero-order valence-electron chi connectivity index (χ0n) is 12.1. The Morgan fingerprint density at radius 3 is 2.26 bits per heavy atom. The Morgan fingerprint density at radius 2 is 1.74 bits per heavy atom. The number of aromatic nitrogens is 1. The van der Waals surface area contributed by atoms with E-state index in [1.807, 2.05) is 0 Å². The lowest BCUT2D eigenvalue weighted by Gasteiger charge is -2.12. The summed E-state index contributed by atoms with van der Waals surface area (Å²) in [5, 5.41) is 0. The van der Waals surface area contributed by atoms with Gasteiger partial charge in [0.1, 0.15) is 0 Å². The lowest BCUT2D eigenvalue weighted by atomic mass is 10.2. The molecule has 8 nitrogen and oxygen atoms in total. The maximum absolute atomic E-state index is 12.0. The Morgan fingerprint density at radius 1 is 1.13 bits per heavy atom. The zero-order chi connectivity index (χ0) is 17.2. The van der Waals surface area contributed by atoms with Crippen LogP contribution in [-0.2, 0) is 9.84 Å². The predicted octanol–water partition coefficient (Wildman–Crippen LogP) is -0.345. The van der Waals surface area contributed by atoms with Crippen LogP contribution in [0.2, 0.25) is 0 Å². The number of rotatable bonds is 3. The van der Waals surface area contributed by atoms with Crippen molar-refractivity contribution in [3.63, 3.8) is 0 Å². The standard InChI is InChI=1S/C14H14N4O4S/c1-23(21,22)12-8-9(13(20)17-14(15)16)2-3-11(12)18-6-4-10(19)5-7-18/h2-8H,1H3,(H4,15,16,17,20). The van der Waals surface area contributed by atoms with E-state index in [4.69, 9.17) is 11.5 Å². The predicted molar refractivity (Wildman–Crippen MR) is 85.3 cm³/mol. The van der Waals surface area contributed by atoms with Crippen LogP contribution in [0.3, 0.4) is 0 Å². The summed E-state index contributed by atoms with van der Waals surface area (Å²) in [6, 6.07) is 6.62. The van der Waals surface area contributed by atoms with Crippen LogP contribution in [0.25, 0.3) is 5.69 Å². The summed E-state index contributed by atoms with van der Waals surface area (Å²) >= 11 is 0. The van der Waals surface area contributed by atoms with Crippen molar-refractivity contribution < 1.29 is 13.2 Å². The van der Waals surface area contributed by atoms with Crippen LogP contribution in [0.4, 0.5) is 0 Å². The van der Waals surface area contributed by atoms with Crippen LogP contribution in [0.15, 0.2) is 57.4 Å². The second kappa shape index (κ2) is 6.05. The van der Waals surface area contributed by atoms with Crippen molar-refractivity contribution in [1.29, 1.82) is 0 Å². The van der Waals surface area contributed by atoms with E-state index in [0.717, 1.165) is 6.26 Å². The second-order valence-corrected chi connectivity index (χ2v) is 6.72. The van der Waals surface area contributed by atoms with Gasteiger partial charge in [-0.2, -0.15) is 4.99 Å². The maximum atomic E-state index is 12.0. The Labute approximate surface area is 132 Å². The SMILES string of the molecule is CS(=O)(=O)c1cc(C(=O)N=C(N)N)ccc1-n1ccc(=O)cc1. The molecule has 1 amide bonds. The van der Waals surface area contributed by atoms with Crippen molar-refractivity contribution >= 4 is 21.7 Å². The fraction of sp³-hybridized carbons (Fsp3) is 0.0714. The van der Waals surface area contributed by atoms with Gasteiger partial charge < -0.3 is 16.0 Å². The van der Waals surface area contributed by atoms with Crippen molar-refractivity contribution in [2.75, 3.05) is 6.26 Å². The fourth-order valence-corrected chi connectivity index (χ4v) is 2.81. The molecular weight excluding hydrogens is 320 g/mol. The molecule has 0 aliphatic rings. The molecule has 1 heterocycles. The number of aliphatic imine (C=N–C) groups is 1. The zero-order valence-corrected chi connectivity index (χ0v) is 12.9. The highest BCUT2D eigenvalue weighted by Gasteiger charge is 2.17. The molecule has 4 N–H and O–H groups in total. The highest BCUT2D eigenvalue weighted by molar-refractivity contribution is 7.90. The van der Waals surface area contributed by atoms with E-state index < -0.39 is 21.7 Å². The number of carbonyl (C=O) groups is 1. The maximum Gasteiger partial charge on any atom is 0.280 e. The molecule has 9 heteroatoms. The molecule has 0 aliphatic heterocycles. The van der Waals surface area contributed by atoms with Crippen molar-refractivity contribution in [3.05, 3.63) is 58.5 Å². The molecule has 0 saturated carbocycles. The summed E-state index contributed by atoms with van der Waals surface area (Å²) in [6.07, 6.45) is 3.89. The molecule has 0 bridgehead atoms. The normalized spacial score (nSPS) is 11.0. The van der Waals surface area contributed by atoms with Gasteiger partial charge in [-0.15, -0.1) is 0 Å². The minimum absolute atomic E-state index is 0.0311. The number of guanidine groups is 1. The molecule has 0 atom stereocenters. The van der Waals surface area contributed by atoms with Crippen LogP contribution in [0.5, 0.6) is 0 Å². The van der Waals surface area contributed by atoms with E-state index in [1.165, 1.54) is 47.3 Å². The number of hydrogen-bond donors (Lipinski definition) is 2. The summed E-state index contributed by atoms with van der Waals surface area (Å²) in [7, 11) is -3.64. The second-order valence-electron chi connectivity index (χ2n) is 4.74. The first-order chi connectivity index (χ1) is 10.7. The molecule has 1 aromatic carbocycles. The molecule has 0 saturated heterocycles. The number of pyridine rings is 1. The van der Waals surface area contributed by atoms with E-state index in [2.05, 4.69) is 4.99 Å². The monoisotopic (exact) mass is 334 g/mol. The largest absolute Gasteiger partial charge is 0.370 e. The van der Waals surface area contributed by atoms with E-state index in [0.29, 0.717) is 5.69 Å². The molecule has 0 fully saturated rings. The van der Waals surface area contributed by atoms with Crippen molar-refractivity contribution in [2.24, 2.45) is 16.5 Å². The third kappa shape index (κ3) is 3.83. The Hall–Kier alpha value is -2.94. The molecule has 23 heavy (non-hydrogen) atoms. The first kappa shape index (κ1) is 16.4. The minimum Gasteiger partial charge on any atom is -0.370 e. The van der Waals surface area contributed by atoms with Gasteiger partial charge in [0.25, 0.3) is 5.91 Å². The number of sulfone groups is 1. The van der Waals surface area contributed by atoms with Gasteiger partial charge in [0.05, 0.1) is 10.6 Å². The van der Waals surface area contributed by atoms with Gasteiger partial charge in [0.15, 0.2) is 21.2 Å². The molecule has 120 valence electrons.